The maximum atomic E-state index is 13.1. The highest BCUT2D eigenvalue weighted by Crippen LogP contribution is 2.35. The molecule has 0 bridgehead atoms. The molecular weight excluding hydrogens is 383 g/mol. The Balaban J connectivity index is 1.55. The molecule has 0 unspecified atom stereocenters. The lowest BCUT2D eigenvalue weighted by molar-refractivity contribution is -0.137. The smallest absolute Gasteiger partial charge is 0.417 e. The quantitative estimate of drug-likeness (QED) is 0.821. The maximum Gasteiger partial charge on any atom is 0.417 e. The third kappa shape index (κ3) is 5.25. The first-order valence-corrected chi connectivity index (χ1v) is 9.28. The molecule has 1 aromatic carbocycles. The normalized spacial score (nSPS) is 19.3. The molecular formula is C21H20F3N3O2. The van der Waals surface area contributed by atoms with Crippen molar-refractivity contribution in [3.8, 4) is 11.8 Å². The molecule has 8 heteroatoms. The Morgan fingerprint density at radius 2 is 1.93 bits per heavy atom. The molecule has 1 N–H and O–H groups in total. The van der Waals surface area contributed by atoms with Gasteiger partial charge < -0.3 is 10.1 Å². The van der Waals surface area contributed by atoms with Crippen molar-refractivity contribution in [2.24, 2.45) is 0 Å². The third-order valence-electron chi connectivity index (χ3n) is 4.90. The van der Waals surface area contributed by atoms with Crippen LogP contribution in [0.25, 0.3) is 0 Å². The summed E-state index contributed by atoms with van der Waals surface area (Å²) in [6, 6.07) is 8.40. The monoisotopic (exact) mass is 403 g/mol. The van der Waals surface area contributed by atoms with Crippen molar-refractivity contribution >= 4 is 5.91 Å². The van der Waals surface area contributed by atoms with Crippen LogP contribution in [0.5, 0.6) is 5.75 Å². The van der Waals surface area contributed by atoms with Gasteiger partial charge in [0.25, 0.3) is 5.91 Å². The van der Waals surface area contributed by atoms with Crippen molar-refractivity contribution in [1.29, 1.82) is 5.26 Å². The molecule has 0 spiro atoms. The number of aryl methyl sites for hydroxylation is 1. The van der Waals surface area contributed by atoms with Crippen molar-refractivity contribution in [1.82, 2.24) is 10.3 Å². The number of carbonyl (C=O) groups excluding carboxylic acids is 1. The first-order valence-electron chi connectivity index (χ1n) is 9.28. The number of rotatable bonds is 4. The molecule has 1 fully saturated rings. The minimum absolute atomic E-state index is 0.0182. The molecule has 5 nitrogen and oxygen atoms in total. The second kappa shape index (κ2) is 8.52. The van der Waals surface area contributed by atoms with Gasteiger partial charge in [-0.15, -0.1) is 0 Å². The Kier molecular flexibility index (Phi) is 6.06. The number of pyridine rings is 1. The van der Waals surface area contributed by atoms with Crippen molar-refractivity contribution in [3.05, 3.63) is 58.9 Å². The Labute approximate surface area is 166 Å². The number of nitriles is 1. The highest BCUT2D eigenvalue weighted by atomic mass is 19.4. The highest BCUT2D eigenvalue weighted by Gasteiger charge is 2.34. The Hall–Kier alpha value is -3.08. The van der Waals surface area contributed by atoms with Crippen molar-refractivity contribution in [2.45, 2.75) is 50.9 Å². The number of nitrogens with one attached hydrogen (secondary N) is 1. The van der Waals surface area contributed by atoms with Gasteiger partial charge in [-0.3, -0.25) is 9.78 Å². The summed E-state index contributed by atoms with van der Waals surface area (Å²) in [5.74, 6) is -0.0988. The largest absolute Gasteiger partial charge is 0.490 e. The summed E-state index contributed by atoms with van der Waals surface area (Å²) in [7, 11) is 0. The number of aromatic nitrogens is 1. The van der Waals surface area contributed by atoms with E-state index in [9.17, 15) is 18.0 Å². The van der Waals surface area contributed by atoms with Gasteiger partial charge in [-0.2, -0.15) is 18.4 Å². The number of amides is 1. The summed E-state index contributed by atoms with van der Waals surface area (Å²) >= 11 is 0. The molecule has 0 aliphatic heterocycles. The van der Waals surface area contributed by atoms with Crippen LogP contribution >= 0.6 is 0 Å². The number of halogens is 3. The first kappa shape index (κ1) is 20.6. The lowest BCUT2D eigenvalue weighted by Gasteiger charge is -2.29. The predicted molar refractivity (Wildman–Crippen MR) is 99.3 cm³/mol. The Morgan fingerprint density at radius 3 is 2.52 bits per heavy atom. The fourth-order valence-electron chi connectivity index (χ4n) is 3.32. The van der Waals surface area contributed by atoms with E-state index in [2.05, 4.69) is 10.3 Å². The molecule has 152 valence electrons. The van der Waals surface area contributed by atoms with E-state index in [0.29, 0.717) is 31.2 Å². The van der Waals surface area contributed by atoms with E-state index >= 15 is 0 Å². The molecule has 0 radical (unpaired) electrons. The van der Waals surface area contributed by atoms with Gasteiger partial charge in [0.2, 0.25) is 0 Å². The van der Waals surface area contributed by atoms with Crippen LogP contribution in [0, 0.1) is 18.3 Å². The van der Waals surface area contributed by atoms with Crippen LogP contribution in [-0.4, -0.2) is 23.0 Å². The molecule has 29 heavy (non-hydrogen) atoms. The van der Waals surface area contributed by atoms with Gasteiger partial charge in [0.15, 0.2) is 0 Å². The van der Waals surface area contributed by atoms with Crippen molar-refractivity contribution in [2.75, 3.05) is 0 Å². The fraction of sp³-hybridized carbons (Fsp3) is 0.381. The number of hydrogen-bond acceptors (Lipinski definition) is 4. The van der Waals surface area contributed by atoms with Crippen LogP contribution in [0.15, 0.2) is 36.5 Å². The lowest BCUT2D eigenvalue weighted by Crippen LogP contribution is -2.39. The Morgan fingerprint density at radius 1 is 1.21 bits per heavy atom. The van der Waals surface area contributed by atoms with Gasteiger partial charge in [0.05, 0.1) is 28.9 Å². The first-order chi connectivity index (χ1) is 13.8. The van der Waals surface area contributed by atoms with E-state index in [4.69, 9.17) is 10.00 Å². The second-order valence-corrected chi connectivity index (χ2v) is 7.07. The van der Waals surface area contributed by atoms with E-state index in [1.807, 2.05) is 6.92 Å². The molecule has 1 aliphatic carbocycles. The highest BCUT2D eigenvalue weighted by molar-refractivity contribution is 5.94. The molecule has 1 aliphatic rings. The van der Waals surface area contributed by atoms with Crippen molar-refractivity contribution < 1.29 is 22.7 Å². The molecule has 1 heterocycles. The van der Waals surface area contributed by atoms with Crippen LogP contribution < -0.4 is 10.1 Å². The van der Waals surface area contributed by atoms with Gasteiger partial charge >= 0.3 is 6.18 Å². The topological polar surface area (TPSA) is 75.0 Å². The minimum Gasteiger partial charge on any atom is -0.490 e. The van der Waals surface area contributed by atoms with E-state index in [-0.39, 0.29) is 23.8 Å². The number of alkyl halides is 3. The standard InChI is InChI=1S/C21H20F3N3O2/c1-13-2-3-15(12-26-13)20(28)27-16-5-8-17(9-6-16)29-18-7-4-14(11-25)19(10-18)21(22,23)24/h2-4,7,10,12,16-17H,5-6,8-9H2,1H3,(H,27,28)/t16-,17-. The van der Waals surface area contributed by atoms with Crippen LogP contribution in [0.4, 0.5) is 13.2 Å². The molecule has 0 atom stereocenters. The summed E-state index contributed by atoms with van der Waals surface area (Å²) in [6.07, 6.45) is -0.773. The van der Waals surface area contributed by atoms with Crippen LogP contribution in [-0.2, 0) is 6.18 Å². The van der Waals surface area contributed by atoms with Gasteiger partial charge in [0, 0.05) is 17.9 Å². The SMILES string of the molecule is Cc1ccc(C(=O)N[C@H]2CC[C@H](Oc3ccc(C#N)c(C(F)(F)F)c3)CC2)cn1. The summed E-state index contributed by atoms with van der Waals surface area (Å²) in [5.41, 5.74) is -0.103. The summed E-state index contributed by atoms with van der Waals surface area (Å²) < 4.78 is 44.9. The summed E-state index contributed by atoms with van der Waals surface area (Å²) in [4.78, 5) is 16.4. The summed E-state index contributed by atoms with van der Waals surface area (Å²) in [5, 5.41) is 11.8. The summed E-state index contributed by atoms with van der Waals surface area (Å²) in [6.45, 7) is 1.84. The number of nitrogens with zero attached hydrogens (tertiary/aromatic N) is 2. The molecule has 1 aromatic heterocycles. The zero-order chi connectivity index (χ0) is 21.0. The lowest BCUT2D eigenvalue weighted by atomic mass is 9.92. The molecule has 0 saturated heterocycles. The fourth-order valence-corrected chi connectivity index (χ4v) is 3.32. The third-order valence-corrected chi connectivity index (χ3v) is 4.90. The molecule has 3 rings (SSSR count). The molecule has 2 aromatic rings. The predicted octanol–water partition coefficient (Wildman–Crippen LogP) is 4.40. The number of ether oxygens (including phenoxy) is 1. The second-order valence-electron chi connectivity index (χ2n) is 7.07. The van der Waals surface area contributed by atoms with E-state index in [1.165, 1.54) is 12.3 Å². The zero-order valence-electron chi connectivity index (χ0n) is 15.8. The van der Waals surface area contributed by atoms with Crippen LogP contribution in [0.1, 0.15) is 52.9 Å². The number of carbonyl (C=O) groups is 1. The van der Waals surface area contributed by atoms with Crippen LogP contribution in [0.3, 0.4) is 0 Å². The van der Waals surface area contributed by atoms with Gasteiger partial charge in [-0.05, 0) is 62.9 Å². The number of benzene rings is 1. The minimum atomic E-state index is -4.61. The zero-order valence-corrected chi connectivity index (χ0v) is 15.8. The molecule has 1 amide bonds. The van der Waals surface area contributed by atoms with E-state index in [0.717, 1.165) is 17.8 Å². The Bertz CT molecular complexity index is 912. The molecule has 1 saturated carbocycles. The average Bonchev–Trinajstić information content (AvgIpc) is 2.69. The number of hydrogen-bond donors (Lipinski definition) is 1. The van der Waals surface area contributed by atoms with Crippen LogP contribution in [0.2, 0.25) is 0 Å². The van der Waals surface area contributed by atoms with Crippen molar-refractivity contribution in [3.63, 3.8) is 0 Å². The average molecular weight is 403 g/mol. The van der Waals surface area contributed by atoms with Gasteiger partial charge in [0.1, 0.15) is 5.75 Å². The van der Waals surface area contributed by atoms with Gasteiger partial charge in [-0.25, -0.2) is 0 Å². The van der Waals surface area contributed by atoms with E-state index < -0.39 is 17.3 Å². The maximum absolute atomic E-state index is 13.1. The van der Waals surface area contributed by atoms with E-state index in [1.54, 1.807) is 18.2 Å². The van der Waals surface area contributed by atoms with Gasteiger partial charge in [-0.1, -0.05) is 0 Å².